The zero-order chi connectivity index (χ0) is 45.2. The van der Waals surface area contributed by atoms with Gasteiger partial charge in [0.1, 0.15) is 0 Å². The Kier molecular flexibility index (Phi) is 31.3. The fourth-order valence-corrected chi connectivity index (χ4v) is 7.56. The third kappa shape index (κ3) is 18.0. The molecule has 0 aliphatic carbocycles. The molecule has 4 nitrogen and oxygen atoms in total. The van der Waals surface area contributed by atoms with Crippen LogP contribution in [-0.4, -0.2) is 22.8 Å². The molecule has 0 amide bonds. The summed E-state index contributed by atoms with van der Waals surface area (Å²) in [7, 11) is 0. The predicted octanol–water partition coefficient (Wildman–Crippen LogP) is 19.4. The fourth-order valence-electron chi connectivity index (χ4n) is 7.56. The number of benzene rings is 4. The molecule has 0 heterocycles. The summed E-state index contributed by atoms with van der Waals surface area (Å²) in [4.78, 5) is 20.5. The molecule has 0 bridgehead atoms. The molecular formula is C58H87ClN4Pt2. The van der Waals surface area contributed by atoms with E-state index >= 15 is 0 Å². The van der Waals surface area contributed by atoms with Gasteiger partial charge < -0.3 is 14.9 Å². The van der Waals surface area contributed by atoms with Crippen LogP contribution in [-0.2, 0) is 42.1 Å². The third-order valence-corrected chi connectivity index (χ3v) is 11.5. The molecule has 0 spiro atoms. The zero-order valence-electron chi connectivity index (χ0n) is 44.4. The second kappa shape index (κ2) is 30.6. The van der Waals surface area contributed by atoms with E-state index < -0.39 is 0 Å². The maximum atomic E-state index is 5.13. The maximum absolute atomic E-state index is 5.13. The minimum Gasteiger partial charge on any atom is -0.358 e. The SMILES string of the molecule is CC(=Nc1c(C(C)C)cccc1C(C)C)C(C)=Nc1c(C(C)C)cccc1C(C)C.CC(=Nc1c(C(C)C)cccc1C(C)C)C(C)=Nc1c(C(C)C)cccc1C(C)C.Cl.[CH3-].[CH3-].[Pt+2].[Pt]. The van der Waals surface area contributed by atoms with Crippen LogP contribution in [0.5, 0.6) is 0 Å². The average molecular weight is 1270 g/mol. The van der Waals surface area contributed by atoms with E-state index in [1.807, 2.05) is 0 Å². The van der Waals surface area contributed by atoms with Gasteiger partial charge in [0.05, 0.1) is 45.6 Å². The summed E-state index contributed by atoms with van der Waals surface area (Å²) in [5, 5.41) is 0. The van der Waals surface area contributed by atoms with Crippen LogP contribution in [0, 0.1) is 14.9 Å². The minimum atomic E-state index is 0. The Balaban J connectivity index is -0.00000110. The average Bonchev–Trinajstić information content (AvgIpc) is 3.17. The Morgan fingerprint density at radius 2 is 0.400 bits per heavy atom. The molecule has 0 saturated carbocycles. The van der Waals surface area contributed by atoms with Gasteiger partial charge in [0, 0.05) is 21.1 Å². The van der Waals surface area contributed by atoms with Gasteiger partial charge in [-0.15, -0.1) is 12.4 Å². The van der Waals surface area contributed by atoms with Crippen molar-refractivity contribution < 1.29 is 42.1 Å². The standard InChI is InChI=1S/2C28H40N2.2CH3.ClH.2Pt/c2*1-17(2)23-13-11-14-24(18(3)4)27(23)29-21(9)22(10)30-28-25(19(5)6)15-12-16-26(28)20(7)8;;;;;/h2*11-20H,1-10H3;2*1H3;1H;;/q;;2*-1;;;+2. The van der Waals surface area contributed by atoms with Crippen molar-refractivity contribution in [3.63, 3.8) is 0 Å². The molecule has 4 rings (SSSR count). The van der Waals surface area contributed by atoms with Crippen LogP contribution in [0.15, 0.2) is 92.8 Å². The van der Waals surface area contributed by atoms with Crippen LogP contribution >= 0.6 is 12.4 Å². The number of hydrogen-bond donors (Lipinski definition) is 0. The first-order chi connectivity index (χ1) is 28.1. The van der Waals surface area contributed by atoms with E-state index in [1.165, 1.54) is 44.5 Å². The van der Waals surface area contributed by atoms with Gasteiger partial charge in [-0.25, -0.2) is 0 Å². The Morgan fingerprint density at radius 3 is 0.492 bits per heavy atom. The molecule has 7 heteroatoms. The first-order valence-electron chi connectivity index (χ1n) is 22.8. The van der Waals surface area contributed by atoms with E-state index in [2.05, 4.69) is 211 Å². The summed E-state index contributed by atoms with van der Waals surface area (Å²) in [6.45, 7) is 44.2. The van der Waals surface area contributed by atoms with Gasteiger partial charge in [0.15, 0.2) is 0 Å². The van der Waals surface area contributed by atoms with Gasteiger partial charge in [-0.1, -0.05) is 184 Å². The Bertz CT molecular complexity index is 1770. The number of halogens is 1. The number of hydrogen-bond acceptors (Lipinski definition) is 4. The Morgan fingerprint density at radius 1 is 0.292 bits per heavy atom. The monoisotopic (exact) mass is 1260 g/mol. The molecule has 366 valence electrons. The quantitative estimate of drug-likeness (QED) is 0.0892. The Labute approximate surface area is 435 Å². The topological polar surface area (TPSA) is 49.4 Å². The second-order valence-electron chi connectivity index (χ2n) is 19.2. The van der Waals surface area contributed by atoms with Gasteiger partial charge in [0.25, 0.3) is 0 Å². The van der Waals surface area contributed by atoms with E-state index in [0.29, 0.717) is 47.3 Å². The molecule has 4 aromatic carbocycles. The van der Waals surface area contributed by atoms with Crippen LogP contribution in [0.4, 0.5) is 22.7 Å². The first-order valence-corrected chi connectivity index (χ1v) is 22.8. The summed E-state index contributed by atoms with van der Waals surface area (Å²) in [5.41, 5.74) is 18.9. The Hall–Kier alpha value is -2.77. The van der Waals surface area contributed by atoms with Gasteiger partial charge in [-0.05, 0) is 120 Å². The molecule has 65 heavy (non-hydrogen) atoms. The van der Waals surface area contributed by atoms with E-state index in [9.17, 15) is 0 Å². The van der Waals surface area contributed by atoms with Crippen molar-refractivity contribution in [2.45, 2.75) is 186 Å². The number of para-hydroxylation sites is 4. The third-order valence-electron chi connectivity index (χ3n) is 11.5. The van der Waals surface area contributed by atoms with Crippen molar-refractivity contribution >= 4 is 58.0 Å². The second-order valence-corrected chi connectivity index (χ2v) is 19.2. The summed E-state index contributed by atoms with van der Waals surface area (Å²) < 4.78 is 0. The normalized spacial score (nSPS) is 12.2. The molecule has 0 N–H and O–H groups in total. The number of nitrogens with zero attached hydrogens (tertiary/aromatic N) is 4. The molecule has 0 saturated heterocycles. The molecule has 0 fully saturated rings. The van der Waals surface area contributed by atoms with Crippen molar-refractivity contribution in [1.82, 2.24) is 0 Å². The molecule has 0 aliphatic heterocycles. The molecule has 0 atom stereocenters. The van der Waals surface area contributed by atoms with Crippen LogP contribution in [0.1, 0.15) is 230 Å². The van der Waals surface area contributed by atoms with Crippen molar-refractivity contribution in [2.24, 2.45) is 20.0 Å². The number of rotatable bonds is 14. The molecule has 0 unspecified atom stereocenters. The minimum absolute atomic E-state index is 0. The van der Waals surface area contributed by atoms with E-state index in [4.69, 9.17) is 20.0 Å². The molecule has 0 aromatic heterocycles. The maximum Gasteiger partial charge on any atom is 2.00 e. The van der Waals surface area contributed by atoms with Crippen molar-refractivity contribution in [2.75, 3.05) is 0 Å². The largest absolute Gasteiger partial charge is 2.00 e. The summed E-state index contributed by atoms with van der Waals surface area (Å²) in [6.07, 6.45) is 0. The van der Waals surface area contributed by atoms with Gasteiger partial charge in [0.2, 0.25) is 0 Å². The fraction of sp³-hybridized carbons (Fsp3) is 0.483. The van der Waals surface area contributed by atoms with Crippen LogP contribution in [0.3, 0.4) is 0 Å². The molecule has 4 aromatic rings. The smallest absolute Gasteiger partial charge is 0.358 e. The van der Waals surface area contributed by atoms with Crippen molar-refractivity contribution in [3.05, 3.63) is 132 Å². The molecule has 0 radical (unpaired) electrons. The zero-order valence-corrected chi connectivity index (χ0v) is 49.7. The van der Waals surface area contributed by atoms with Gasteiger partial charge in [-0.2, -0.15) is 0 Å². The van der Waals surface area contributed by atoms with Crippen molar-refractivity contribution in [3.8, 4) is 0 Å². The summed E-state index contributed by atoms with van der Waals surface area (Å²) in [5.74, 6) is 3.46. The van der Waals surface area contributed by atoms with E-state index in [1.54, 1.807) is 0 Å². The first kappa shape index (κ1) is 66.5. The van der Waals surface area contributed by atoms with Crippen LogP contribution in [0.25, 0.3) is 0 Å². The number of aliphatic imine (C=N–C) groups is 4. The van der Waals surface area contributed by atoms with Crippen LogP contribution in [0.2, 0.25) is 0 Å². The molecule has 0 aliphatic rings. The van der Waals surface area contributed by atoms with E-state index in [-0.39, 0.29) is 69.4 Å². The van der Waals surface area contributed by atoms with Crippen molar-refractivity contribution in [1.29, 1.82) is 0 Å². The summed E-state index contributed by atoms with van der Waals surface area (Å²) in [6, 6.07) is 26.3. The van der Waals surface area contributed by atoms with Gasteiger partial charge in [-0.3, -0.25) is 20.0 Å². The van der Waals surface area contributed by atoms with Gasteiger partial charge >= 0.3 is 21.1 Å². The molecular weight excluding hydrogens is 1180 g/mol. The predicted molar refractivity (Wildman–Crippen MR) is 290 cm³/mol. The van der Waals surface area contributed by atoms with E-state index in [0.717, 1.165) is 45.6 Å². The van der Waals surface area contributed by atoms with Crippen LogP contribution < -0.4 is 0 Å². The summed E-state index contributed by atoms with van der Waals surface area (Å²) >= 11 is 0.